The van der Waals surface area contributed by atoms with Crippen LogP contribution in [0.3, 0.4) is 0 Å². The van der Waals surface area contributed by atoms with Crippen LogP contribution in [0.5, 0.6) is 5.75 Å². The maximum absolute atomic E-state index is 10.5. The minimum Gasteiger partial charge on any atom is -0.508 e. The summed E-state index contributed by atoms with van der Waals surface area (Å²) in [6, 6.07) is 11.9. The van der Waals surface area contributed by atoms with Crippen LogP contribution in [-0.2, 0) is 0 Å². The highest BCUT2D eigenvalue weighted by atomic mass is 35.5. The molecule has 0 saturated heterocycles. The number of benzene rings is 2. The first kappa shape index (κ1) is 10.7. The molecule has 0 atom stereocenters. The van der Waals surface area contributed by atoms with Gasteiger partial charge in [0.15, 0.2) is 0 Å². The fourth-order valence-corrected chi connectivity index (χ4v) is 1.72. The molecule has 2 rings (SSSR count). The highest BCUT2D eigenvalue weighted by Crippen LogP contribution is 2.27. The molecule has 3 heteroatoms. The van der Waals surface area contributed by atoms with Gasteiger partial charge in [0.1, 0.15) is 12.0 Å². The van der Waals surface area contributed by atoms with E-state index < -0.39 is 0 Å². The van der Waals surface area contributed by atoms with Gasteiger partial charge >= 0.3 is 0 Å². The van der Waals surface area contributed by atoms with Gasteiger partial charge in [-0.1, -0.05) is 35.9 Å². The predicted molar refractivity (Wildman–Crippen MR) is 63.9 cm³/mol. The first-order chi connectivity index (χ1) is 7.69. The lowest BCUT2D eigenvalue weighted by Gasteiger charge is -2.03. The highest BCUT2D eigenvalue weighted by molar-refractivity contribution is 6.31. The second kappa shape index (κ2) is 4.37. The van der Waals surface area contributed by atoms with E-state index in [-0.39, 0.29) is 5.75 Å². The number of hydrogen-bond donors (Lipinski definition) is 1. The minimum atomic E-state index is 0.127. The Labute approximate surface area is 98.1 Å². The third kappa shape index (κ3) is 2.23. The molecule has 0 saturated carbocycles. The number of carbonyl (C=O) groups is 1. The number of halogens is 1. The van der Waals surface area contributed by atoms with E-state index in [1.807, 2.05) is 12.1 Å². The third-order valence-corrected chi connectivity index (χ3v) is 2.48. The molecule has 2 aromatic carbocycles. The zero-order chi connectivity index (χ0) is 11.5. The van der Waals surface area contributed by atoms with Crippen LogP contribution in [0.25, 0.3) is 11.1 Å². The van der Waals surface area contributed by atoms with E-state index in [0.29, 0.717) is 10.6 Å². The van der Waals surface area contributed by atoms with Crippen LogP contribution in [0.15, 0.2) is 42.5 Å². The summed E-state index contributed by atoms with van der Waals surface area (Å²) in [6.07, 6.45) is 0.791. The monoisotopic (exact) mass is 232 g/mol. The van der Waals surface area contributed by atoms with Crippen molar-refractivity contribution in [1.82, 2.24) is 0 Å². The predicted octanol–water partition coefficient (Wildman–Crippen LogP) is 3.53. The molecule has 16 heavy (non-hydrogen) atoms. The van der Waals surface area contributed by atoms with Crippen molar-refractivity contribution in [2.75, 3.05) is 0 Å². The molecule has 0 bridgehead atoms. The molecule has 0 radical (unpaired) electrons. The number of rotatable bonds is 2. The topological polar surface area (TPSA) is 37.3 Å². The number of phenolic OH excluding ortho intramolecular Hbond substituents is 1. The van der Waals surface area contributed by atoms with Gasteiger partial charge in [-0.05, 0) is 29.3 Å². The summed E-state index contributed by atoms with van der Waals surface area (Å²) >= 11 is 5.84. The zero-order valence-electron chi connectivity index (χ0n) is 8.35. The Morgan fingerprint density at radius 1 is 1.00 bits per heavy atom. The smallest absolute Gasteiger partial charge is 0.150 e. The molecule has 1 N–H and O–H groups in total. The molecule has 0 aliphatic rings. The average molecular weight is 233 g/mol. The number of carbonyl (C=O) groups excluding carboxylic acids is 1. The Morgan fingerprint density at radius 3 is 2.25 bits per heavy atom. The van der Waals surface area contributed by atoms with Crippen LogP contribution in [0.4, 0.5) is 0 Å². The normalized spacial score (nSPS) is 10.1. The molecule has 0 unspecified atom stereocenters. The summed E-state index contributed by atoms with van der Waals surface area (Å²) < 4.78 is 0. The molecule has 0 heterocycles. The number of aldehydes is 1. The summed E-state index contributed by atoms with van der Waals surface area (Å²) in [5.41, 5.74) is 2.35. The van der Waals surface area contributed by atoms with Crippen molar-refractivity contribution in [3.05, 3.63) is 53.1 Å². The van der Waals surface area contributed by atoms with E-state index >= 15 is 0 Å². The molecule has 2 nitrogen and oxygen atoms in total. The first-order valence-corrected chi connectivity index (χ1v) is 5.12. The first-order valence-electron chi connectivity index (χ1n) is 4.74. The van der Waals surface area contributed by atoms with Crippen molar-refractivity contribution in [1.29, 1.82) is 0 Å². The summed E-state index contributed by atoms with van der Waals surface area (Å²) in [5, 5.41) is 9.90. The average Bonchev–Trinajstić information content (AvgIpc) is 2.28. The molecule has 80 valence electrons. The standard InChI is InChI=1S/C13H9ClO2/c14-12-5-11(6-13(16)7-12)10-3-1-9(8-15)2-4-10/h1-8,16H. The molecular weight excluding hydrogens is 224 g/mol. The lowest BCUT2D eigenvalue weighted by molar-refractivity contribution is 0.112. The molecule has 2 aromatic rings. The molecule has 0 aliphatic heterocycles. The largest absolute Gasteiger partial charge is 0.508 e. The lowest BCUT2D eigenvalue weighted by atomic mass is 10.0. The zero-order valence-corrected chi connectivity index (χ0v) is 9.11. The quantitative estimate of drug-likeness (QED) is 0.805. The van der Waals surface area contributed by atoms with Gasteiger partial charge < -0.3 is 5.11 Å². The van der Waals surface area contributed by atoms with E-state index in [1.165, 1.54) is 6.07 Å². The van der Waals surface area contributed by atoms with E-state index in [4.69, 9.17) is 11.6 Å². The Kier molecular flexibility index (Phi) is 2.93. The third-order valence-electron chi connectivity index (χ3n) is 2.26. The van der Waals surface area contributed by atoms with E-state index in [1.54, 1.807) is 24.3 Å². The van der Waals surface area contributed by atoms with Gasteiger partial charge in [0.25, 0.3) is 0 Å². The fourth-order valence-electron chi connectivity index (χ4n) is 1.49. The molecular formula is C13H9ClO2. The number of aromatic hydroxyl groups is 1. The summed E-state index contributed by atoms with van der Waals surface area (Å²) in [5.74, 6) is 0.127. The number of phenols is 1. The van der Waals surface area contributed by atoms with Crippen molar-refractivity contribution < 1.29 is 9.90 Å². The Balaban J connectivity index is 2.45. The molecule has 0 fully saturated rings. The molecule has 0 aliphatic carbocycles. The fraction of sp³-hybridized carbons (Fsp3) is 0. The second-order valence-corrected chi connectivity index (χ2v) is 3.87. The van der Waals surface area contributed by atoms with Gasteiger partial charge in [-0.2, -0.15) is 0 Å². The lowest BCUT2D eigenvalue weighted by Crippen LogP contribution is -1.81. The van der Waals surface area contributed by atoms with Crippen LogP contribution in [0.2, 0.25) is 5.02 Å². The van der Waals surface area contributed by atoms with Crippen LogP contribution < -0.4 is 0 Å². The van der Waals surface area contributed by atoms with Crippen molar-refractivity contribution in [3.8, 4) is 16.9 Å². The van der Waals surface area contributed by atoms with Crippen LogP contribution in [0, 0.1) is 0 Å². The van der Waals surface area contributed by atoms with Crippen LogP contribution in [-0.4, -0.2) is 11.4 Å². The van der Waals surface area contributed by atoms with Gasteiger partial charge in [-0.25, -0.2) is 0 Å². The van der Waals surface area contributed by atoms with Gasteiger partial charge in [0.2, 0.25) is 0 Å². The van der Waals surface area contributed by atoms with Crippen LogP contribution in [0.1, 0.15) is 10.4 Å². The van der Waals surface area contributed by atoms with Crippen molar-refractivity contribution in [2.24, 2.45) is 0 Å². The summed E-state index contributed by atoms with van der Waals surface area (Å²) in [6.45, 7) is 0. The van der Waals surface area contributed by atoms with Gasteiger partial charge in [-0.3, -0.25) is 4.79 Å². The Bertz CT molecular complexity index is 498. The number of hydrogen-bond acceptors (Lipinski definition) is 2. The SMILES string of the molecule is O=Cc1ccc(-c2cc(O)cc(Cl)c2)cc1. The summed E-state index contributed by atoms with van der Waals surface area (Å²) in [7, 11) is 0. The second-order valence-electron chi connectivity index (χ2n) is 3.44. The van der Waals surface area contributed by atoms with Crippen molar-refractivity contribution in [2.45, 2.75) is 0 Å². The highest BCUT2D eigenvalue weighted by Gasteiger charge is 2.01. The van der Waals surface area contributed by atoms with E-state index in [2.05, 4.69) is 0 Å². The minimum absolute atomic E-state index is 0.127. The van der Waals surface area contributed by atoms with Crippen LogP contribution >= 0.6 is 11.6 Å². The molecule has 0 spiro atoms. The maximum atomic E-state index is 10.5. The molecule has 0 aromatic heterocycles. The molecule has 0 amide bonds. The van der Waals surface area contributed by atoms with Crippen molar-refractivity contribution >= 4 is 17.9 Å². The Hall–Kier alpha value is -1.80. The van der Waals surface area contributed by atoms with Gasteiger partial charge in [0.05, 0.1) is 0 Å². The van der Waals surface area contributed by atoms with Crippen molar-refractivity contribution in [3.63, 3.8) is 0 Å². The van der Waals surface area contributed by atoms with Gasteiger partial charge in [-0.15, -0.1) is 0 Å². The van der Waals surface area contributed by atoms with E-state index in [0.717, 1.165) is 17.4 Å². The van der Waals surface area contributed by atoms with E-state index in [9.17, 15) is 9.90 Å². The summed E-state index contributed by atoms with van der Waals surface area (Å²) in [4.78, 5) is 10.5. The maximum Gasteiger partial charge on any atom is 0.150 e. The van der Waals surface area contributed by atoms with Gasteiger partial charge in [0, 0.05) is 10.6 Å². The Morgan fingerprint density at radius 2 is 1.69 bits per heavy atom.